The molecule has 1 amide bonds. The Labute approximate surface area is 219 Å². The molecule has 0 radical (unpaired) electrons. The number of thioether (sulfide) groups is 1. The van der Waals surface area contributed by atoms with Crippen molar-refractivity contribution in [1.29, 1.82) is 0 Å². The van der Waals surface area contributed by atoms with E-state index in [4.69, 9.17) is 21.1 Å². The Morgan fingerprint density at radius 2 is 1.78 bits per heavy atom. The minimum atomic E-state index is -0.196. The molecule has 186 valence electrons. The fourth-order valence-corrected chi connectivity index (χ4v) is 4.50. The van der Waals surface area contributed by atoms with Gasteiger partial charge in [-0.05, 0) is 56.7 Å². The Hall–Kier alpha value is -3.49. The number of aromatic nitrogens is 3. The van der Waals surface area contributed by atoms with E-state index in [2.05, 4.69) is 15.5 Å². The first kappa shape index (κ1) is 25.6. The summed E-state index contributed by atoms with van der Waals surface area (Å²) in [7, 11) is 1.54. The van der Waals surface area contributed by atoms with Crippen molar-refractivity contribution in [3.05, 3.63) is 76.8 Å². The molecule has 1 aromatic heterocycles. The van der Waals surface area contributed by atoms with E-state index in [9.17, 15) is 4.79 Å². The van der Waals surface area contributed by atoms with Gasteiger partial charge in [0.15, 0.2) is 11.0 Å². The van der Waals surface area contributed by atoms with Crippen LogP contribution >= 0.6 is 23.4 Å². The standard InChI is InChI=1S/C27H27ClN4O3S/c1-5-35-21-12-10-20(11-13-21)32-26(19-8-6-17(2)7-9-19)30-31-27(32)36-16-25(33)29-23-14-18(3)22(28)15-24(23)34-4/h6-15H,5,16H2,1-4H3,(H,29,33). The number of carbonyl (C=O) groups is 1. The highest BCUT2D eigenvalue weighted by molar-refractivity contribution is 7.99. The van der Waals surface area contributed by atoms with E-state index in [1.165, 1.54) is 18.9 Å². The third kappa shape index (κ3) is 5.83. The van der Waals surface area contributed by atoms with Gasteiger partial charge in [-0.2, -0.15) is 0 Å². The molecule has 0 saturated carbocycles. The minimum absolute atomic E-state index is 0.133. The molecule has 0 aliphatic carbocycles. The normalized spacial score (nSPS) is 10.8. The van der Waals surface area contributed by atoms with E-state index < -0.39 is 0 Å². The summed E-state index contributed by atoms with van der Waals surface area (Å²) in [5, 5.41) is 13.0. The Kier molecular flexibility index (Phi) is 8.18. The average Bonchev–Trinajstić information content (AvgIpc) is 3.30. The lowest BCUT2D eigenvalue weighted by molar-refractivity contribution is -0.113. The van der Waals surface area contributed by atoms with Crippen molar-refractivity contribution >= 4 is 35.0 Å². The van der Waals surface area contributed by atoms with Crippen molar-refractivity contribution in [3.63, 3.8) is 0 Å². The zero-order chi connectivity index (χ0) is 25.7. The number of halogens is 1. The maximum absolute atomic E-state index is 12.8. The molecule has 4 aromatic rings. The molecule has 1 heterocycles. The van der Waals surface area contributed by atoms with E-state index in [0.29, 0.717) is 34.0 Å². The summed E-state index contributed by atoms with van der Waals surface area (Å²) in [6.45, 7) is 6.45. The Bertz CT molecular complexity index is 1350. The lowest BCUT2D eigenvalue weighted by Crippen LogP contribution is -2.15. The molecule has 1 N–H and O–H groups in total. The van der Waals surface area contributed by atoms with Gasteiger partial charge >= 0.3 is 0 Å². The number of benzene rings is 3. The topological polar surface area (TPSA) is 78.3 Å². The Morgan fingerprint density at radius 3 is 2.44 bits per heavy atom. The maximum atomic E-state index is 12.8. The third-order valence-corrected chi connectivity index (χ3v) is 6.77. The summed E-state index contributed by atoms with van der Waals surface area (Å²) < 4.78 is 12.9. The van der Waals surface area contributed by atoms with Gasteiger partial charge in [-0.1, -0.05) is 53.2 Å². The third-order valence-electron chi connectivity index (χ3n) is 5.44. The number of carbonyl (C=O) groups excluding carboxylic acids is 1. The highest BCUT2D eigenvalue weighted by atomic mass is 35.5. The van der Waals surface area contributed by atoms with Crippen LogP contribution in [-0.4, -0.2) is 40.1 Å². The largest absolute Gasteiger partial charge is 0.495 e. The molecule has 7 nitrogen and oxygen atoms in total. The zero-order valence-corrected chi connectivity index (χ0v) is 22.1. The molecule has 0 atom stereocenters. The van der Waals surface area contributed by atoms with Crippen molar-refractivity contribution in [3.8, 4) is 28.6 Å². The van der Waals surface area contributed by atoms with E-state index >= 15 is 0 Å². The first-order valence-corrected chi connectivity index (χ1v) is 12.8. The van der Waals surface area contributed by atoms with Crippen LogP contribution in [-0.2, 0) is 4.79 Å². The average molecular weight is 523 g/mol. The first-order chi connectivity index (χ1) is 17.4. The SMILES string of the molecule is CCOc1ccc(-n2c(SCC(=O)Nc3cc(C)c(Cl)cc3OC)nnc2-c2ccc(C)cc2)cc1. The van der Waals surface area contributed by atoms with E-state index in [1.807, 2.05) is 73.9 Å². The van der Waals surface area contributed by atoms with Gasteiger partial charge in [-0.15, -0.1) is 10.2 Å². The predicted octanol–water partition coefficient (Wildman–Crippen LogP) is 6.34. The van der Waals surface area contributed by atoms with Crippen molar-refractivity contribution in [2.75, 3.05) is 24.8 Å². The van der Waals surface area contributed by atoms with Crippen molar-refractivity contribution in [1.82, 2.24) is 14.8 Å². The summed E-state index contributed by atoms with van der Waals surface area (Å²) in [5.41, 5.74) is 4.37. The van der Waals surface area contributed by atoms with Gasteiger partial charge in [0.25, 0.3) is 0 Å². The monoisotopic (exact) mass is 522 g/mol. The number of amides is 1. The molecule has 0 unspecified atom stereocenters. The number of hydrogen-bond acceptors (Lipinski definition) is 6. The minimum Gasteiger partial charge on any atom is -0.495 e. The van der Waals surface area contributed by atoms with Gasteiger partial charge in [0, 0.05) is 22.3 Å². The van der Waals surface area contributed by atoms with Crippen LogP contribution in [0.3, 0.4) is 0 Å². The summed E-state index contributed by atoms with van der Waals surface area (Å²) in [5.74, 6) is 1.92. The van der Waals surface area contributed by atoms with Gasteiger partial charge in [-0.3, -0.25) is 9.36 Å². The second-order valence-corrected chi connectivity index (χ2v) is 9.42. The molecule has 3 aromatic carbocycles. The van der Waals surface area contributed by atoms with Gasteiger partial charge in [0.2, 0.25) is 5.91 Å². The zero-order valence-electron chi connectivity index (χ0n) is 20.5. The Balaban J connectivity index is 1.60. The number of anilines is 1. The van der Waals surface area contributed by atoms with Crippen LogP contribution < -0.4 is 14.8 Å². The van der Waals surface area contributed by atoms with Gasteiger partial charge < -0.3 is 14.8 Å². The summed E-state index contributed by atoms with van der Waals surface area (Å²) in [6.07, 6.45) is 0. The number of nitrogens with zero attached hydrogens (tertiary/aromatic N) is 3. The fourth-order valence-electron chi connectivity index (χ4n) is 3.59. The number of ether oxygens (including phenoxy) is 2. The second kappa shape index (κ2) is 11.5. The Morgan fingerprint density at radius 1 is 1.06 bits per heavy atom. The molecule has 0 aliphatic rings. The summed E-state index contributed by atoms with van der Waals surface area (Å²) in [6, 6.07) is 19.3. The molecule has 0 spiro atoms. The molecular weight excluding hydrogens is 496 g/mol. The lowest BCUT2D eigenvalue weighted by atomic mass is 10.1. The van der Waals surface area contributed by atoms with Crippen molar-refractivity contribution in [2.45, 2.75) is 25.9 Å². The van der Waals surface area contributed by atoms with Crippen molar-refractivity contribution in [2.24, 2.45) is 0 Å². The summed E-state index contributed by atoms with van der Waals surface area (Å²) in [4.78, 5) is 12.8. The smallest absolute Gasteiger partial charge is 0.234 e. The number of nitrogens with one attached hydrogen (secondary N) is 1. The molecule has 0 aliphatic heterocycles. The van der Waals surface area contributed by atoms with Crippen LogP contribution in [0.15, 0.2) is 65.8 Å². The van der Waals surface area contributed by atoms with Crippen LogP contribution in [0.2, 0.25) is 5.02 Å². The molecule has 0 fully saturated rings. The number of aryl methyl sites for hydroxylation is 2. The van der Waals surface area contributed by atoms with E-state index in [1.54, 1.807) is 12.1 Å². The fraction of sp³-hybridized carbons (Fsp3) is 0.222. The molecule has 9 heteroatoms. The van der Waals surface area contributed by atoms with Crippen LogP contribution in [0.25, 0.3) is 17.1 Å². The molecule has 36 heavy (non-hydrogen) atoms. The number of methoxy groups -OCH3 is 1. The predicted molar refractivity (Wildman–Crippen MR) is 145 cm³/mol. The van der Waals surface area contributed by atoms with Crippen LogP contribution in [0.1, 0.15) is 18.1 Å². The first-order valence-electron chi connectivity index (χ1n) is 11.4. The molecule has 0 bridgehead atoms. The van der Waals surface area contributed by atoms with E-state index in [-0.39, 0.29) is 11.7 Å². The van der Waals surface area contributed by atoms with Crippen LogP contribution in [0, 0.1) is 13.8 Å². The van der Waals surface area contributed by atoms with Gasteiger partial charge in [0.1, 0.15) is 11.5 Å². The maximum Gasteiger partial charge on any atom is 0.234 e. The van der Waals surface area contributed by atoms with Crippen molar-refractivity contribution < 1.29 is 14.3 Å². The molecule has 4 rings (SSSR count). The second-order valence-electron chi connectivity index (χ2n) is 8.07. The van der Waals surface area contributed by atoms with Crippen LogP contribution in [0.5, 0.6) is 11.5 Å². The van der Waals surface area contributed by atoms with Gasteiger partial charge in [-0.25, -0.2) is 0 Å². The van der Waals surface area contributed by atoms with E-state index in [0.717, 1.165) is 28.1 Å². The summed E-state index contributed by atoms with van der Waals surface area (Å²) >= 11 is 7.49. The highest BCUT2D eigenvalue weighted by Crippen LogP contribution is 2.32. The number of hydrogen-bond donors (Lipinski definition) is 1. The molecular formula is C27H27ClN4O3S. The van der Waals surface area contributed by atoms with Gasteiger partial charge in [0.05, 0.1) is 25.2 Å². The highest BCUT2D eigenvalue weighted by Gasteiger charge is 2.18. The van der Waals surface area contributed by atoms with Crippen LogP contribution in [0.4, 0.5) is 5.69 Å². The quantitative estimate of drug-likeness (QED) is 0.258. The molecule has 0 saturated heterocycles. The lowest BCUT2D eigenvalue weighted by Gasteiger charge is -2.13. The number of rotatable bonds is 9.